The van der Waals surface area contributed by atoms with Crippen molar-refractivity contribution in [3.63, 3.8) is 0 Å². The number of amides is 1. The van der Waals surface area contributed by atoms with Gasteiger partial charge >= 0.3 is 5.91 Å². The number of benzene rings is 5. The molecule has 0 aliphatic carbocycles. The van der Waals surface area contributed by atoms with Crippen molar-refractivity contribution < 1.29 is 14.6 Å². The van der Waals surface area contributed by atoms with E-state index in [0.717, 1.165) is 33.0 Å². The first-order chi connectivity index (χ1) is 19.2. The normalized spacial score (nSPS) is 11.4. The van der Waals surface area contributed by atoms with Gasteiger partial charge in [-0.05, 0) is 34.0 Å². The standard InChI is InChI=1S/C33H25N3O3/c37-31(22-39-30-20-9-7-17-27(30)24-11-2-1-3-12-24)34-35-32-28-18-6-8-19-29(28)36(33(32)38)21-25-15-10-14-23-13-4-5-16-26(23)25/h1-20,38H,21-22H2. The van der Waals surface area contributed by atoms with Crippen LogP contribution >= 0.6 is 0 Å². The molecule has 0 fully saturated rings. The molecule has 5 aromatic carbocycles. The Morgan fingerprint density at radius 2 is 1.44 bits per heavy atom. The smallest absolute Gasteiger partial charge is 0.302 e. The van der Waals surface area contributed by atoms with Gasteiger partial charge in [0.2, 0.25) is 5.88 Å². The van der Waals surface area contributed by atoms with Gasteiger partial charge in [0, 0.05) is 10.9 Å². The van der Waals surface area contributed by atoms with Gasteiger partial charge in [-0.2, -0.15) is 0 Å². The summed E-state index contributed by atoms with van der Waals surface area (Å²) in [5.41, 5.74) is 4.00. The maximum absolute atomic E-state index is 12.7. The van der Waals surface area contributed by atoms with E-state index in [9.17, 15) is 9.90 Å². The topological polar surface area (TPSA) is 76.2 Å². The average Bonchev–Trinajstić information content (AvgIpc) is 3.25. The fourth-order valence-corrected chi connectivity index (χ4v) is 4.85. The molecular formula is C33H25N3O3. The van der Waals surface area contributed by atoms with Crippen molar-refractivity contribution in [1.82, 2.24) is 4.57 Å². The van der Waals surface area contributed by atoms with Crippen LogP contribution in [0, 0.1) is 0 Å². The number of hydrogen-bond acceptors (Lipinski definition) is 4. The van der Waals surface area contributed by atoms with E-state index >= 15 is 0 Å². The molecule has 0 atom stereocenters. The summed E-state index contributed by atoms with van der Waals surface area (Å²) < 4.78 is 7.61. The third-order valence-corrected chi connectivity index (χ3v) is 6.71. The van der Waals surface area contributed by atoms with E-state index in [1.54, 1.807) is 4.57 Å². The molecule has 6 heteroatoms. The van der Waals surface area contributed by atoms with Crippen molar-refractivity contribution in [2.24, 2.45) is 10.2 Å². The number of azo groups is 1. The zero-order chi connectivity index (χ0) is 26.6. The zero-order valence-corrected chi connectivity index (χ0v) is 21.1. The highest BCUT2D eigenvalue weighted by atomic mass is 16.5. The van der Waals surface area contributed by atoms with Crippen LogP contribution in [0.25, 0.3) is 32.8 Å². The van der Waals surface area contributed by atoms with E-state index in [1.165, 1.54) is 0 Å². The van der Waals surface area contributed by atoms with E-state index in [0.29, 0.717) is 17.7 Å². The molecule has 1 heterocycles. The number of para-hydroxylation sites is 2. The summed E-state index contributed by atoms with van der Waals surface area (Å²) in [7, 11) is 0. The molecule has 1 N–H and O–H groups in total. The van der Waals surface area contributed by atoms with Crippen LogP contribution < -0.4 is 4.74 Å². The average molecular weight is 512 g/mol. The Labute approximate surface area is 225 Å². The van der Waals surface area contributed by atoms with Gasteiger partial charge in [0.05, 0.1) is 12.1 Å². The van der Waals surface area contributed by atoms with E-state index in [4.69, 9.17) is 4.74 Å². The zero-order valence-electron chi connectivity index (χ0n) is 21.1. The number of fused-ring (bicyclic) bond motifs is 2. The fourth-order valence-electron chi connectivity index (χ4n) is 4.85. The maximum Gasteiger partial charge on any atom is 0.302 e. The Balaban J connectivity index is 1.25. The number of carbonyl (C=O) groups is 1. The maximum atomic E-state index is 12.7. The van der Waals surface area contributed by atoms with Gasteiger partial charge in [0.15, 0.2) is 12.3 Å². The molecule has 0 spiro atoms. The van der Waals surface area contributed by atoms with Crippen LogP contribution in [0.3, 0.4) is 0 Å². The molecular weight excluding hydrogens is 486 g/mol. The Bertz CT molecular complexity index is 1820. The van der Waals surface area contributed by atoms with Crippen LogP contribution in [-0.4, -0.2) is 22.2 Å². The highest BCUT2D eigenvalue weighted by Crippen LogP contribution is 2.39. The Morgan fingerprint density at radius 3 is 2.31 bits per heavy atom. The van der Waals surface area contributed by atoms with Crippen LogP contribution in [0.4, 0.5) is 5.69 Å². The summed E-state index contributed by atoms with van der Waals surface area (Å²) in [5.74, 6) is -0.0130. The van der Waals surface area contributed by atoms with Gasteiger partial charge in [-0.25, -0.2) is 0 Å². The molecule has 0 bridgehead atoms. The predicted octanol–water partition coefficient (Wildman–Crippen LogP) is 7.90. The van der Waals surface area contributed by atoms with Gasteiger partial charge in [-0.15, -0.1) is 10.2 Å². The largest absolute Gasteiger partial charge is 0.493 e. The van der Waals surface area contributed by atoms with Crippen molar-refractivity contribution >= 4 is 33.3 Å². The van der Waals surface area contributed by atoms with Crippen LogP contribution in [0.5, 0.6) is 11.6 Å². The van der Waals surface area contributed by atoms with Gasteiger partial charge in [-0.3, -0.25) is 4.79 Å². The lowest BCUT2D eigenvalue weighted by Crippen LogP contribution is -2.08. The summed E-state index contributed by atoms with van der Waals surface area (Å²) in [4.78, 5) is 12.7. The molecule has 6 aromatic rings. The Morgan fingerprint density at radius 1 is 0.744 bits per heavy atom. The Hall–Kier alpha value is -5.23. The van der Waals surface area contributed by atoms with E-state index < -0.39 is 5.91 Å². The number of hydrogen-bond donors (Lipinski definition) is 1. The number of rotatable bonds is 7. The molecule has 0 unspecified atom stereocenters. The molecule has 0 saturated heterocycles. The molecule has 0 aliphatic heterocycles. The minimum Gasteiger partial charge on any atom is -0.493 e. The highest BCUT2D eigenvalue weighted by Gasteiger charge is 2.18. The van der Waals surface area contributed by atoms with Crippen molar-refractivity contribution in [3.8, 4) is 22.8 Å². The molecule has 1 aromatic heterocycles. The van der Waals surface area contributed by atoms with Gasteiger partial charge < -0.3 is 14.4 Å². The van der Waals surface area contributed by atoms with Gasteiger partial charge in [0.25, 0.3) is 0 Å². The monoisotopic (exact) mass is 511 g/mol. The van der Waals surface area contributed by atoms with Crippen LogP contribution in [0.15, 0.2) is 132 Å². The van der Waals surface area contributed by atoms with Crippen LogP contribution in [0.2, 0.25) is 0 Å². The lowest BCUT2D eigenvalue weighted by atomic mass is 10.0. The van der Waals surface area contributed by atoms with E-state index in [-0.39, 0.29) is 18.2 Å². The number of aromatic hydroxyl groups is 1. The summed E-state index contributed by atoms with van der Waals surface area (Å²) in [6, 6.07) is 39.2. The van der Waals surface area contributed by atoms with E-state index in [2.05, 4.69) is 28.4 Å². The predicted molar refractivity (Wildman–Crippen MR) is 154 cm³/mol. The second kappa shape index (κ2) is 10.6. The third-order valence-electron chi connectivity index (χ3n) is 6.71. The molecule has 190 valence electrons. The third kappa shape index (κ3) is 4.88. The highest BCUT2D eigenvalue weighted by molar-refractivity contribution is 5.95. The Kier molecular flexibility index (Phi) is 6.58. The first-order valence-electron chi connectivity index (χ1n) is 12.7. The number of aromatic nitrogens is 1. The molecule has 39 heavy (non-hydrogen) atoms. The number of carbonyl (C=O) groups excluding carboxylic acids is 1. The summed E-state index contributed by atoms with van der Waals surface area (Å²) in [5, 5.41) is 22.2. The SMILES string of the molecule is O=C(COc1ccccc1-c1ccccc1)N=Nc1c(O)n(Cc2cccc3ccccc23)c2ccccc12. The molecule has 0 saturated carbocycles. The first-order valence-corrected chi connectivity index (χ1v) is 12.7. The van der Waals surface area contributed by atoms with Crippen LogP contribution in [0.1, 0.15) is 5.56 Å². The minimum absolute atomic E-state index is 0.0453. The molecule has 1 amide bonds. The lowest BCUT2D eigenvalue weighted by molar-refractivity contribution is -0.120. The minimum atomic E-state index is -0.553. The first kappa shape index (κ1) is 24.1. The quantitative estimate of drug-likeness (QED) is 0.221. The number of nitrogens with zero attached hydrogens (tertiary/aromatic N) is 3. The molecule has 6 nitrogen and oxygen atoms in total. The van der Waals surface area contributed by atoms with Gasteiger partial charge in [-0.1, -0.05) is 109 Å². The lowest BCUT2D eigenvalue weighted by Gasteiger charge is -2.10. The van der Waals surface area contributed by atoms with Crippen molar-refractivity contribution in [2.75, 3.05) is 6.61 Å². The van der Waals surface area contributed by atoms with Gasteiger partial charge in [0.1, 0.15) is 5.75 Å². The summed E-state index contributed by atoms with van der Waals surface area (Å²) in [6.45, 7) is 0.166. The molecule has 6 rings (SSSR count). The van der Waals surface area contributed by atoms with Crippen molar-refractivity contribution in [3.05, 3.63) is 127 Å². The number of ether oxygens (including phenoxy) is 1. The van der Waals surface area contributed by atoms with Crippen LogP contribution in [-0.2, 0) is 11.3 Å². The van der Waals surface area contributed by atoms with E-state index in [1.807, 2.05) is 103 Å². The van der Waals surface area contributed by atoms with Crippen molar-refractivity contribution in [1.29, 1.82) is 0 Å². The summed E-state index contributed by atoms with van der Waals surface area (Å²) >= 11 is 0. The second-order valence-corrected chi connectivity index (χ2v) is 9.16. The second-order valence-electron chi connectivity index (χ2n) is 9.16. The molecule has 0 radical (unpaired) electrons. The van der Waals surface area contributed by atoms with Crippen molar-refractivity contribution in [2.45, 2.75) is 6.54 Å². The summed E-state index contributed by atoms with van der Waals surface area (Å²) in [6.07, 6.45) is 0. The molecule has 0 aliphatic rings. The fraction of sp³-hybridized carbons (Fsp3) is 0.0606.